The number of hydrogen-bond donors (Lipinski definition) is 1. The van der Waals surface area contributed by atoms with Gasteiger partial charge in [0.05, 0.1) is 6.10 Å². The van der Waals surface area contributed by atoms with Gasteiger partial charge in [0.25, 0.3) is 0 Å². The Morgan fingerprint density at radius 2 is 1.95 bits per heavy atom. The second kappa shape index (κ2) is 8.80. The maximum Gasteiger partial charge on any atom is 0.0817 e. The number of halogens is 2. The first-order chi connectivity index (χ1) is 9.08. The first-order valence-corrected chi connectivity index (χ1v) is 7.69. The standard InChI is InChI=1S/C15H23Cl2NO/c1-3-5-9-18(4-2)10-8-15(19)13-11-12(16)6-7-14(13)17/h6-7,11,15,19H,3-5,8-10H2,1-2H3. The van der Waals surface area contributed by atoms with Gasteiger partial charge < -0.3 is 10.0 Å². The number of aliphatic hydroxyl groups is 1. The summed E-state index contributed by atoms with van der Waals surface area (Å²) >= 11 is 12.0. The van der Waals surface area contributed by atoms with Crippen molar-refractivity contribution in [3.8, 4) is 0 Å². The first kappa shape index (κ1) is 16.8. The van der Waals surface area contributed by atoms with Gasteiger partial charge in [-0.2, -0.15) is 0 Å². The molecule has 1 N–H and O–H groups in total. The third-order valence-corrected chi connectivity index (χ3v) is 3.89. The molecule has 1 aromatic carbocycles. The Morgan fingerprint density at radius 3 is 2.58 bits per heavy atom. The van der Waals surface area contributed by atoms with Crippen molar-refractivity contribution in [1.82, 2.24) is 4.90 Å². The molecule has 1 unspecified atom stereocenters. The molecule has 0 heterocycles. The predicted octanol–water partition coefficient (Wildman–Crippen LogP) is 4.54. The van der Waals surface area contributed by atoms with E-state index in [0.29, 0.717) is 16.5 Å². The Balaban J connectivity index is 2.54. The molecule has 1 rings (SSSR count). The highest BCUT2D eigenvalue weighted by atomic mass is 35.5. The topological polar surface area (TPSA) is 23.5 Å². The van der Waals surface area contributed by atoms with E-state index in [1.54, 1.807) is 18.2 Å². The van der Waals surface area contributed by atoms with Crippen molar-refractivity contribution >= 4 is 23.2 Å². The van der Waals surface area contributed by atoms with Crippen LogP contribution >= 0.6 is 23.2 Å². The molecule has 0 saturated carbocycles. The van der Waals surface area contributed by atoms with E-state index < -0.39 is 6.10 Å². The summed E-state index contributed by atoms with van der Waals surface area (Å²) in [6.45, 7) is 7.31. The second-order valence-electron chi connectivity index (χ2n) is 4.76. The highest BCUT2D eigenvalue weighted by molar-refractivity contribution is 6.33. The fourth-order valence-electron chi connectivity index (χ4n) is 2.04. The first-order valence-electron chi connectivity index (χ1n) is 6.93. The van der Waals surface area contributed by atoms with Crippen LogP contribution in [0.5, 0.6) is 0 Å². The minimum absolute atomic E-state index is 0.554. The summed E-state index contributed by atoms with van der Waals surface area (Å²) in [4.78, 5) is 2.35. The van der Waals surface area contributed by atoms with Crippen LogP contribution in [0.4, 0.5) is 0 Å². The Morgan fingerprint density at radius 1 is 1.21 bits per heavy atom. The van der Waals surface area contributed by atoms with Crippen molar-refractivity contribution in [3.63, 3.8) is 0 Å². The monoisotopic (exact) mass is 303 g/mol. The van der Waals surface area contributed by atoms with E-state index in [0.717, 1.165) is 25.2 Å². The van der Waals surface area contributed by atoms with E-state index in [9.17, 15) is 5.11 Å². The number of hydrogen-bond acceptors (Lipinski definition) is 2. The molecule has 0 saturated heterocycles. The predicted molar refractivity (Wildman–Crippen MR) is 83.1 cm³/mol. The van der Waals surface area contributed by atoms with Gasteiger partial charge in [-0.05, 0) is 44.1 Å². The van der Waals surface area contributed by atoms with Gasteiger partial charge in [0.15, 0.2) is 0 Å². The van der Waals surface area contributed by atoms with E-state index in [-0.39, 0.29) is 0 Å². The second-order valence-corrected chi connectivity index (χ2v) is 5.60. The Labute approximate surface area is 126 Å². The summed E-state index contributed by atoms with van der Waals surface area (Å²) in [5.41, 5.74) is 0.723. The van der Waals surface area contributed by atoms with Crippen LogP contribution in [0.15, 0.2) is 18.2 Å². The molecular formula is C15H23Cl2NO. The van der Waals surface area contributed by atoms with Gasteiger partial charge in [-0.25, -0.2) is 0 Å². The highest BCUT2D eigenvalue weighted by Crippen LogP contribution is 2.28. The zero-order chi connectivity index (χ0) is 14.3. The molecule has 2 nitrogen and oxygen atoms in total. The lowest BCUT2D eigenvalue weighted by molar-refractivity contribution is 0.143. The molecule has 1 atom stereocenters. The average molecular weight is 304 g/mol. The maximum absolute atomic E-state index is 10.2. The van der Waals surface area contributed by atoms with Gasteiger partial charge in [0.1, 0.15) is 0 Å². The zero-order valence-corrected chi connectivity index (χ0v) is 13.2. The molecule has 0 spiro atoms. The molecule has 4 heteroatoms. The Kier molecular flexibility index (Phi) is 7.77. The minimum Gasteiger partial charge on any atom is -0.388 e. The van der Waals surface area contributed by atoms with Crippen molar-refractivity contribution in [2.24, 2.45) is 0 Å². The fraction of sp³-hybridized carbons (Fsp3) is 0.600. The number of nitrogens with zero attached hydrogens (tertiary/aromatic N) is 1. The number of benzene rings is 1. The average Bonchev–Trinajstić information content (AvgIpc) is 2.41. The number of unbranched alkanes of at least 4 members (excludes halogenated alkanes) is 1. The van der Waals surface area contributed by atoms with Crippen LogP contribution in [0, 0.1) is 0 Å². The number of aliphatic hydroxyl groups excluding tert-OH is 1. The maximum atomic E-state index is 10.2. The van der Waals surface area contributed by atoms with E-state index in [1.165, 1.54) is 12.8 Å². The molecule has 0 radical (unpaired) electrons. The molecule has 19 heavy (non-hydrogen) atoms. The third kappa shape index (κ3) is 5.70. The normalized spacial score (nSPS) is 12.9. The van der Waals surface area contributed by atoms with Crippen molar-refractivity contribution in [2.75, 3.05) is 19.6 Å². The van der Waals surface area contributed by atoms with Crippen molar-refractivity contribution in [1.29, 1.82) is 0 Å². The summed E-state index contributed by atoms with van der Waals surface area (Å²) in [6, 6.07) is 5.22. The van der Waals surface area contributed by atoms with Gasteiger partial charge in [-0.1, -0.05) is 43.5 Å². The molecule has 1 aromatic rings. The van der Waals surface area contributed by atoms with Crippen molar-refractivity contribution < 1.29 is 5.11 Å². The molecule has 108 valence electrons. The van der Waals surface area contributed by atoms with E-state index in [4.69, 9.17) is 23.2 Å². The molecule has 0 aliphatic carbocycles. The van der Waals surface area contributed by atoms with Gasteiger partial charge in [0.2, 0.25) is 0 Å². The summed E-state index contributed by atoms with van der Waals surface area (Å²) < 4.78 is 0. The van der Waals surface area contributed by atoms with E-state index in [2.05, 4.69) is 18.7 Å². The lowest BCUT2D eigenvalue weighted by Crippen LogP contribution is -2.26. The fourth-order valence-corrected chi connectivity index (χ4v) is 2.46. The summed E-state index contributed by atoms with van der Waals surface area (Å²) in [5.74, 6) is 0. The summed E-state index contributed by atoms with van der Waals surface area (Å²) in [6.07, 6.45) is 2.51. The van der Waals surface area contributed by atoms with Crippen LogP contribution in [0.1, 0.15) is 44.8 Å². The molecule has 0 fully saturated rings. The molecule has 0 amide bonds. The SMILES string of the molecule is CCCCN(CC)CCC(O)c1cc(Cl)ccc1Cl. The quantitative estimate of drug-likeness (QED) is 0.762. The highest BCUT2D eigenvalue weighted by Gasteiger charge is 2.13. The lowest BCUT2D eigenvalue weighted by Gasteiger charge is -2.22. The molecule has 0 aliphatic rings. The van der Waals surface area contributed by atoms with Gasteiger partial charge in [0, 0.05) is 22.2 Å². The largest absolute Gasteiger partial charge is 0.388 e. The number of rotatable bonds is 8. The Hall–Kier alpha value is -0.280. The van der Waals surface area contributed by atoms with Crippen LogP contribution < -0.4 is 0 Å². The van der Waals surface area contributed by atoms with Crippen LogP contribution in [-0.4, -0.2) is 29.6 Å². The summed E-state index contributed by atoms with van der Waals surface area (Å²) in [7, 11) is 0. The van der Waals surface area contributed by atoms with E-state index in [1.807, 2.05) is 0 Å². The minimum atomic E-state index is -0.554. The smallest absolute Gasteiger partial charge is 0.0817 e. The van der Waals surface area contributed by atoms with Crippen molar-refractivity contribution in [2.45, 2.75) is 39.2 Å². The van der Waals surface area contributed by atoms with Gasteiger partial charge in [-0.15, -0.1) is 0 Å². The lowest BCUT2D eigenvalue weighted by atomic mass is 10.1. The van der Waals surface area contributed by atoms with E-state index >= 15 is 0 Å². The zero-order valence-electron chi connectivity index (χ0n) is 11.7. The van der Waals surface area contributed by atoms with Gasteiger partial charge >= 0.3 is 0 Å². The third-order valence-electron chi connectivity index (χ3n) is 3.31. The molecular weight excluding hydrogens is 281 g/mol. The van der Waals surface area contributed by atoms with Gasteiger partial charge in [-0.3, -0.25) is 0 Å². The summed E-state index contributed by atoms with van der Waals surface area (Å²) in [5, 5.41) is 11.4. The molecule has 0 aromatic heterocycles. The molecule has 0 aliphatic heterocycles. The van der Waals surface area contributed by atoms with Crippen molar-refractivity contribution in [3.05, 3.63) is 33.8 Å². The van der Waals surface area contributed by atoms with Crippen LogP contribution in [0.25, 0.3) is 0 Å². The van der Waals surface area contributed by atoms with Crippen LogP contribution in [-0.2, 0) is 0 Å². The van der Waals surface area contributed by atoms with Crippen LogP contribution in [0.3, 0.4) is 0 Å². The Bertz CT molecular complexity index is 384. The van der Waals surface area contributed by atoms with Crippen LogP contribution in [0.2, 0.25) is 10.0 Å². The molecule has 0 bridgehead atoms.